The molecule has 222 valence electrons. The summed E-state index contributed by atoms with van der Waals surface area (Å²) in [5, 5.41) is 11.2. The molecule has 42 heavy (non-hydrogen) atoms. The Hall–Kier alpha value is -2.66. The molecule has 4 unspecified atom stereocenters. The highest BCUT2D eigenvalue weighted by molar-refractivity contribution is 7.86. The van der Waals surface area contributed by atoms with Gasteiger partial charge in [-0.25, -0.2) is 9.56 Å². The minimum atomic E-state index is -2.31. The Labute approximate surface area is 253 Å². The highest BCUT2D eigenvalue weighted by atomic mass is 31.2. The van der Waals surface area contributed by atoms with Gasteiger partial charge in [-0.15, -0.1) is 0 Å². The number of carbonyl (C=O) groups is 2. The van der Waals surface area contributed by atoms with Gasteiger partial charge in [0.25, 0.3) is 0 Å². The first-order chi connectivity index (χ1) is 19.5. The number of allylic oxidation sites excluding steroid dienone is 1. The summed E-state index contributed by atoms with van der Waals surface area (Å²) in [5.74, 6) is 0.711. The first-order valence-electron chi connectivity index (χ1n) is 14.5. The number of hydrogen-bond acceptors (Lipinski definition) is 5. The molecule has 0 N–H and O–H groups in total. The van der Waals surface area contributed by atoms with Crippen LogP contribution in [0.5, 0.6) is 0 Å². The van der Waals surface area contributed by atoms with Gasteiger partial charge in [-0.3, -0.25) is 9.59 Å². The predicted octanol–water partition coefficient (Wildman–Crippen LogP) is 8.30. The van der Waals surface area contributed by atoms with Gasteiger partial charge in [-0.05, 0) is 29.3 Å². The van der Waals surface area contributed by atoms with Gasteiger partial charge >= 0.3 is 0 Å². The van der Waals surface area contributed by atoms with Gasteiger partial charge in [0, 0.05) is 19.3 Å². The number of benzene rings is 2. The number of nitrogens with zero attached hydrogens (tertiary/aromatic N) is 4. The topological polar surface area (TPSA) is 74.6 Å². The second kappa shape index (κ2) is 10.8. The minimum Gasteiger partial charge on any atom is -0.545 e. The Bertz CT molecular complexity index is 1410. The molecule has 3 heterocycles. The molecule has 2 aromatic carbocycles. The van der Waals surface area contributed by atoms with Crippen molar-refractivity contribution in [1.82, 2.24) is 9.56 Å². The van der Waals surface area contributed by atoms with Crippen molar-refractivity contribution in [2.24, 2.45) is 15.6 Å². The van der Waals surface area contributed by atoms with E-state index in [9.17, 15) is 9.59 Å². The molecule has 10 heteroatoms. The van der Waals surface area contributed by atoms with E-state index in [1.54, 1.807) is 23.4 Å². The van der Waals surface area contributed by atoms with Gasteiger partial charge in [0.05, 0.1) is 49.7 Å². The number of carbonyl (C=O) groups excluding carboxylic acids is 2. The van der Waals surface area contributed by atoms with Crippen molar-refractivity contribution < 1.29 is 14.0 Å². The zero-order valence-electron chi connectivity index (χ0n) is 26.3. The molecule has 0 saturated carbocycles. The van der Waals surface area contributed by atoms with Gasteiger partial charge in [-0.2, -0.15) is 10.2 Å². The Morgan fingerprint density at radius 1 is 0.738 bits per heavy atom. The lowest BCUT2D eigenvalue weighted by atomic mass is 9.95. The molecule has 7 nitrogen and oxygen atoms in total. The maximum Gasteiger partial charge on any atom is 0.250 e. The molecular formula is C32H42N4O3P2Si. The van der Waals surface area contributed by atoms with Crippen LogP contribution in [0.25, 0.3) is 0 Å². The molecule has 5 rings (SSSR count). The molecular weight excluding hydrogens is 578 g/mol. The third kappa shape index (κ3) is 5.20. The van der Waals surface area contributed by atoms with Crippen LogP contribution in [0.4, 0.5) is 0 Å². The molecule has 3 aliphatic rings. The van der Waals surface area contributed by atoms with Crippen LogP contribution in [0.1, 0.15) is 66.5 Å². The smallest absolute Gasteiger partial charge is 0.250 e. The molecule has 0 aromatic heterocycles. The Morgan fingerprint density at radius 3 is 1.43 bits per heavy atom. The van der Waals surface area contributed by atoms with Gasteiger partial charge in [0.1, 0.15) is 0 Å². The quantitative estimate of drug-likeness (QED) is 0.196. The van der Waals surface area contributed by atoms with E-state index in [4.69, 9.17) is 14.6 Å². The highest BCUT2D eigenvalue weighted by Crippen LogP contribution is 2.83. The average molecular weight is 621 g/mol. The van der Waals surface area contributed by atoms with Gasteiger partial charge in [0.15, 0.2) is 0 Å². The summed E-state index contributed by atoms with van der Waals surface area (Å²) >= 11 is 0. The van der Waals surface area contributed by atoms with Crippen LogP contribution in [-0.4, -0.2) is 52.4 Å². The molecule has 0 radical (unpaired) electrons. The summed E-state index contributed by atoms with van der Waals surface area (Å²) in [5.41, 5.74) is 3.16. The van der Waals surface area contributed by atoms with E-state index in [1.807, 2.05) is 36.4 Å². The fourth-order valence-corrected chi connectivity index (χ4v) is 14.7. The summed E-state index contributed by atoms with van der Waals surface area (Å²) in [4.78, 5) is 26.8. The van der Waals surface area contributed by atoms with Gasteiger partial charge in [-0.1, -0.05) is 102 Å². The summed E-state index contributed by atoms with van der Waals surface area (Å²) in [6.07, 6.45) is 0. The Kier molecular flexibility index (Phi) is 7.92. The fraction of sp³-hybridized carbons (Fsp3) is 0.438. The van der Waals surface area contributed by atoms with Crippen molar-refractivity contribution >= 4 is 47.7 Å². The first kappa shape index (κ1) is 30.8. The maximum atomic E-state index is 13.4. The molecule has 0 bridgehead atoms. The Balaban J connectivity index is 1.84. The molecule has 0 aliphatic carbocycles. The van der Waals surface area contributed by atoms with E-state index in [1.165, 1.54) is 0 Å². The normalized spacial score (nSPS) is 23.8. The fourth-order valence-electron chi connectivity index (χ4n) is 5.27. The van der Waals surface area contributed by atoms with Crippen LogP contribution >= 0.6 is 16.1 Å². The van der Waals surface area contributed by atoms with Gasteiger partial charge < -0.3 is 4.43 Å². The van der Waals surface area contributed by atoms with E-state index < -0.39 is 24.5 Å². The number of amides is 2. The summed E-state index contributed by atoms with van der Waals surface area (Å²) in [6.45, 7) is 21.0. The van der Waals surface area contributed by atoms with Crippen LogP contribution < -0.4 is 0 Å². The number of fused-ring (bicyclic) bond motifs is 3. The molecule has 2 amide bonds. The second-order valence-electron chi connectivity index (χ2n) is 13.7. The summed E-state index contributed by atoms with van der Waals surface area (Å²) in [6, 6.07) is 20.3. The van der Waals surface area contributed by atoms with Crippen LogP contribution in [0, 0.1) is 5.41 Å². The van der Waals surface area contributed by atoms with Crippen LogP contribution in [-0.2, 0) is 14.0 Å². The van der Waals surface area contributed by atoms with Crippen molar-refractivity contribution in [2.45, 2.75) is 84.8 Å². The third-order valence-corrected chi connectivity index (χ3v) is 19.1. The van der Waals surface area contributed by atoms with E-state index >= 15 is 0 Å². The number of rotatable bonds is 4. The van der Waals surface area contributed by atoms with Crippen molar-refractivity contribution in [3.8, 4) is 0 Å². The van der Waals surface area contributed by atoms with E-state index in [0.717, 1.165) is 33.4 Å². The lowest BCUT2D eigenvalue weighted by Crippen LogP contribution is -2.42. The lowest BCUT2D eigenvalue weighted by molar-refractivity contribution is -0.124. The van der Waals surface area contributed by atoms with E-state index in [0.29, 0.717) is 0 Å². The van der Waals surface area contributed by atoms with E-state index in [-0.39, 0.29) is 33.6 Å². The number of hydrazone groups is 2. The van der Waals surface area contributed by atoms with Crippen LogP contribution in [0.2, 0.25) is 18.1 Å². The standard InChI is InChI=1S/C32H42N4O3P2Si/c1-21(37)35-33-25(23-17-13-11-14-18-23)27-28-26(24-19-15-12-16-20-24)34-36(22(2)38)41(28)30(40(27)35)29(31(3,4)5)39-42(9,10)32(6,7)8/h11-20,27-28H,1-10H3. The molecule has 1 fully saturated rings. The van der Waals surface area contributed by atoms with E-state index in [2.05, 4.69) is 78.9 Å². The van der Waals surface area contributed by atoms with Crippen molar-refractivity contribution in [3.05, 3.63) is 82.6 Å². The second-order valence-corrected chi connectivity index (χ2v) is 22.9. The molecule has 1 saturated heterocycles. The largest absolute Gasteiger partial charge is 0.545 e. The maximum absolute atomic E-state index is 13.4. The SMILES string of the molecule is CC(=O)N1N=C(c2ccccc2)C2C3C(c4ccccc4)=NN(C(C)=O)P3C(=C(O[Si](C)(C)C(C)(C)C)C(C)(C)C)P21. The molecule has 0 spiro atoms. The van der Waals surface area contributed by atoms with Crippen LogP contribution in [0.3, 0.4) is 0 Å². The summed E-state index contributed by atoms with van der Waals surface area (Å²) in [7, 11) is -4.92. The zero-order chi connectivity index (χ0) is 30.8. The van der Waals surface area contributed by atoms with Crippen molar-refractivity contribution in [2.75, 3.05) is 0 Å². The highest BCUT2D eigenvalue weighted by Gasteiger charge is 2.64. The van der Waals surface area contributed by atoms with Crippen LogP contribution in [0.15, 0.2) is 81.7 Å². The Morgan fingerprint density at radius 2 is 1.12 bits per heavy atom. The van der Waals surface area contributed by atoms with Gasteiger partial charge in [0.2, 0.25) is 20.1 Å². The average Bonchev–Trinajstić information content (AvgIpc) is 3.56. The number of hydrogen-bond donors (Lipinski definition) is 0. The summed E-state index contributed by atoms with van der Waals surface area (Å²) < 4.78 is 10.7. The molecule has 2 aromatic rings. The molecule has 3 aliphatic heterocycles. The molecule has 4 atom stereocenters. The van der Waals surface area contributed by atoms with Crippen molar-refractivity contribution in [1.29, 1.82) is 0 Å². The first-order valence-corrected chi connectivity index (χ1v) is 20.1. The monoisotopic (exact) mass is 620 g/mol. The lowest BCUT2D eigenvalue weighted by Gasteiger charge is -2.42. The predicted molar refractivity (Wildman–Crippen MR) is 177 cm³/mol. The third-order valence-electron chi connectivity index (χ3n) is 8.38. The minimum absolute atomic E-state index is 0.0364. The zero-order valence-corrected chi connectivity index (χ0v) is 29.1. The van der Waals surface area contributed by atoms with Crippen molar-refractivity contribution in [3.63, 3.8) is 0 Å².